The van der Waals surface area contributed by atoms with E-state index in [1.54, 1.807) is 30.4 Å². The Labute approximate surface area is 203 Å². The third-order valence-electron chi connectivity index (χ3n) is 7.61. The highest BCUT2D eigenvalue weighted by atomic mass is 19.4. The molecule has 0 spiro atoms. The molecule has 188 valence electrons. The van der Waals surface area contributed by atoms with Crippen LogP contribution < -0.4 is 10.2 Å². The molecule has 3 heterocycles. The monoisotopic (exact) mass is 487 g/mol. The van der Waals surface area contributed by atoms with E-state index in [0.29, 0.717) is 23.8 Å². The van der Waals surface area contributed by atoms with Gasteiger partial charge in [0.25, 0.3) is 0 Å². The van der Waals surface area contributed by atoms with Crippen LogP contribution in [0.25, 0.3) is 10.9 Å². The van der Waals surface area contributed by atoms with Gasteiger partial charge in [-0.1, -0.05) is 0 Å². The number of benzene rings is 1. The van der Waals surface area contributed by atoms with Gasteiger partial charge in [-0.15, -0.1) is 0 Å². The summed E-state index contributed by atoms with van der Waals surface area (Å²) in [7, 11) is 1.67. The van der Waals surface area contributed by atoms with Gasteiger partial charge in [-0.3, -0.25) is 14.8 Å². The molecule has 3 fully saturated rings. The molecule has 1 aromatic carbocycles. The van der Waals surface area contributed by atoms with Crippen molar-refractivity contribution in [2.24, 2.45) is 16.8 Å². The summed E-state index contributed by atoms with van der Waals surface area (Å²) in [6.07, 6.45) is 2.98. The van der Waals surface area contributed by atoms with Crippen LogP contribution >= 0.6 is 0 Å². The quantitative estimate of drug-likeness (QED) is 0.647. The zero-order chi connectivity index (χ0) is 24.6. The van der Waals surface area contributed by atoms with E-state index in [2.05, 4.69) is 20.2 Å². The molecular formula is C26H32F3N5O. The first-order valence-corrected chi connectivity index (χ1v) is 12.5. The summed E-state index contributed by atoms with van der Waals surface area (Å²) in [5, 5.41) is 3.78. The van der Waals surface area contributed by atoms with E-state index in [4.69, 9.17) is 0 Å². The van der Waals surface area contributed by atoms with Crippen molar-refractivity contribution < 1.29 is 18.0 Å². The van der Waals surface area contributed by atoms with Gasteiger partial charge in [0, 0.05) is 67.2 Å². The van der Waals surface area contributed by atoms with Crippen LogP contribution in [0.2, 0.25) is 0 Å². The molecule has 2 aliphatic heterocycles. The Hall–Kier alpha value is -2.68. The highest BCUT2D eigenvalue weighted by Crippen LogP contribution is 2.37. The lowest BCUT2D eigenvalue weighted by molar-refractivity contribution is -0.178. The maximum Gasteiger partial charge on any atom is 0.393 e. The molecule has 0 radical (unpaired) electrons. The lowest BCUT2D eigenvalue weighted by atomic mass is 9.90. The second-order valence-corrected chi connectivity index (χ2v) is 10.1. The third kappa shape index (κ3) is 5.29. The van der Waals surface area contributed by atoms with Crippen LogP contribution in [0.4, 0.5) is 18.9 Å². The smallest absolute Gasteiger partial charge is 0.368 e. The molecule has 2 aromatic rings. The van der Waals surface area contributed by atoms with E-state index in [9.17, 15) is 18.0 Å². The number of carbonyl (C=O) groups excluding carboxylic acids is 1. The average Bonchev–Trinajstić information content (AvgIpc) is 3.69. The van der Waals surface area contributed by atoms with E-state index in [1.807, 2.05) is 18.2 Å². The normalized spacial score (nSPS) is 24.9. The van der Waals surface area contributed by atoms with Gasteiger partial charge in [0.1, 0.15) is 0 Å². The number of rotatable bonds is 5. The van der Waals surface area contributed by atoms with Crippen LogP contribution in [0, 0.1) is 11.8 Å². The molecule has 1 N–H and O–H groups in total. The minimum absolute atomic E-state index is 0.0938. The van der Waals surface area contributed by atoms with E-state index in [1.165, 1.54) is 12.8 Å². The van der Waals surface area contributed by atoms with E-state index < -0.39 is 18.1 Å². The summed E-state index contributed by atoms with van der Waals surface area (Å²) >= 11 is 0. The van der Waals surface area contributed by atoms with E-state index in [-0.39, 0.29) is 24.8 Å². The maximum absolute atomic E-state index is 13.9. The van der Waals surface area contributed by atoms with Gasteiger partial charge in [-0.2, -0.15) is 13.2 Å². The molecule has 2 saturated heterocycles. The van der Waals surface area contributed by atoms with E-state index >= 15 is 0 Å². The highest BCUT2D eigenvalue weighted by molar-refractivity contribution is 6.03. The van der Waals surface area contributed by atoms with Crippen molar-refractivity contribution in [1.29, 1.82) is 0 Å². The molecule has 6 nitrogen and oxygen atoms in total. The van der Waals surface area contributed by atoms with Gasteiger partial charge < -0.3 is 15.1 Å². The fraction of sp³-hybridized carbons (Fsp3) is 0.577. The summed E-state index contributed by atoms with van der Waals surface area (Å²) in [6.45, 7) is 2.00. The first kappa shape index (κ1) is 24.0. The fourth-order valence-corrected chi connectivity index (χ4v) is 5.62. The van der Waals surface area contributed by atoms with Crippen molar-refractivity contribution in [2.75, 3.05) is 38.1 Å². The number of nitrogens with zero attached hydrogens (tertiary/aromatic N) is 4. The first-order valence-electron chi connectivity index (χ1n) is 12.5. The number of aliphatic imine (C=N–C) groups is 1. The van der Waals surface area contributed by atoms with Gasteiger partial charge in [-0.05, 0) is 69.5 Å². The second-order valence-electron chi connectivity index (χ2n) is 10.1. The zero-order valence-corrected chi connectivity index (χ0v) is 20.0. The topological polar surface area (TPSA) is 60.8 Å². The third-order valence-corrected chi connectivity index (χ3v) is 7.61. The molecule has 1 amide bonds. The largest absolute Gasteiger partial charge is 0.393 e. The summed E-state index contributed by atoms with van der Waals surface area (Å²) in [5.74, 6) is -1.74. The number of aromatic nitrogens is 1. The maximum atomic E-state index is 13.9. The molecule has 1 aromatic heterocycles. The van der Waals surface area contributed by atoms with Crippen molar-refractivity contribution in [3.8, 4) is 0 Å². The van der Waals surface area contributed by atoms with Crippen LogP contribution in [0.5, 0.6) is 0 Å². The fourth-order valence-electron chi connectivity index (χ4n) is 5.62. The Morgan fingerprint density at radius 2 is 1.91 bits per heavy atom. The van der Waals surface area contributed by atoms with E-state index in [0.717, 1.165) is 36.9 Å². The Balaban J connectivity index is 1.35. The van der Waals surface area contributed by atoms with Crippen LogP contribution in [-0.2, 0) is 4.79 Å². The van der Waals surface area contributed by atoms with Gasteiger partial charge in [0.15, 0.2) is 0 Å². The Bertz CT molecular complexity index is 1090. The Kier molecular flexibility index (Phi) is 6.70. The number of piperidine rings is 2. The van der Waals surface area contributed by atoms with Gasteiger partial charge >= 0.3 is 6.18 Å². The average molecular weight is 488 g/mol. The SMILES string of the molecule is C/N=C/c1ccc(N2C[C@H](NC(=O)C3CCN(C4CC4)CC3)C[C@H](C(F)(F)F)C2)c2cccnc12. The predicted molar refractivity (Wildman–Crippen MR) is 131 cm³/mol. The Morgan fingerprint density at radius 3 is 2.60 bits per heavy atom. The second kappa shape index (κ2) is 9.76. The predicted octanol–water partition coefficient (Wildman–Crippen LogP) is 4.03. The number of hydrogen-bond acceptors (Lipinski definition) is 5. The van der Waals surface area contributed by atoms with Crippen LogP contribution in [0.1, 0.15) is 37.7 Å². The van der Waals surface area contributed by atoms with Crippen molar-refractivity contribution in [3.05, 3.63) is 36.0 Å². The van der Waals surface area contributed by atoms with Crippen LogP contribution in [-0.4, -0.2) is 73.5 Å². The molecule has 9 heteroatoms. The summed E-state index contributed by atoms with van der Waals surface area (Å²) in [5.41, 5.74) is 2.22. The molecule has 5 rings (SSSR count). The number of halogens is 3. The number of pyridine rings is 1. The van der Waals surface area contributed by atoms with Gasteiger partial charge in [-0.25, -0.2) is 0 Å². The van der Waals surface area contributed by atoms with Crippen LogP contribution in [0.15, 0.2) is 35.5 Å². The summed E-state index contributed by atoms with van der Waals surface area (Å²) < 4.78 is 41.8. The number of likely N-dealkylation sites (tertiary alicyclic amines) is 1. The number of alkyl halides is 3. The molecule has 3 aliphatic rings. The van der Waals surface area contributed by atoms with Gasteiger partial charge in [0.05, 0.1) is 11.4 Å². The molecule has 0 unspecified atom stereocenters. The lowest BCUT2D eigenvalue weighted by Crippen LogP contribution is -2.55. The molecule has 1 aliphatic carbocycles. The highest BCUT2D eigenvalue weighted by Gasteiger charge is 2.45. The molecular weight excluding hydrogens is 455 g/mol. The molecule has 1 saturated carbocycles. The summed E-state index contributed by atoms with van der Waals surface area (Å²) in [6, 6.07) is 7.47. The molecule has 35 heavy (non-hydrogen) atoms. The Morgan fingerprint density at radius 1 is 1.14 bits per heavy atom. The number of hydrogen-bond donors (Lipinski definition) is 1. The van der Waals surface area contributed by atoms with Gasteiger partial charge in [0.2, 0.25) is 5.91 Å². The number of carbonyl (C=O) groups is 1. The van der Waals surface area contributed by atoms with Crippen molar-refractivity contribution >= 4 is 28.7 Å². The first-order chi connectivity index (χ1) is 16.8. The lowest BCUT2D eigenvalue weighted by Gasteiger charge is -2.41. The summed E-state index contributed by atoms with van der Waals surface area (Å²) in [4.78, 5) is 25.8. The zero-order valence-electron chi connectivity index (χ0n) is 20.0. The number of nitrogens with one attached hydrogen (secondary N) is 1. The number of fused-ring (bicyclic) bond motifs is 1. The number of anilines is 1. The minimum atomic E-state index is -4.33. The van der Waals surface area contributed by atoms with Crippen molar-refractivity contribution in [3.63, 3.8) is 0 Å². The standard InChI is InChI=1S/C26H32F3N5O/c1-30-14-18-4-7-23(22-3-2-10-31-24(18)22)34-15-19(26(27,28)29)13-20(16-34)32-25(35)17-8-11-33(12-9-17)21-5-6-21/h2-4,7,10,14,17,19-21H,5-6,8-9,11-13,15-16H2,1H3,(H,32,35)/b30-14+/t19-,20+/m0/s1. The van der Waals surface area contributed by atoms with Crippen LogP contribution in [0.3, 0.4) is 0 Å². The molecule has 0 bridgehead atoms. The minimum Gasteiger partial charge on any atom is -0.368 e. The number of amides is 1. The van der Waals surface area contributed by atoms with Crippen molar-refractivity contribution in [2.45, 2.75) is 50.4 Å². The van der Waals surface area contributed by atoms with Crippen molar-refractivity contribution in [1.82, 2.24) is 15.2 Å². The molecule has 2 atom stereocenters.